The van der Waals surface area contributed by atoms with E-state index in [1.807, 2.05) is 18.2 Å². The van der Waals surface area contributed by atoms with E-state index in [1.165, 1.54) is 19.6 Å². The molecule has 24 heavy (non-hydrogen) atoms. The Morgan fingerprint density at radius 1 is 1.12 bits per heavy atom. The highest BCUT2D eigenvalue weighted by Crippen LogP contribution is 2.33. The summed E-state index contributed by atoms with van der Waals surface area (Å²) in [5.74, 6) is 0.887. The fourth-order valence-corrected chi connectivity index (χ4v) is 2.17. The predicted molar refractivity (Wildman–Crippen MR) is 87.2 cm³/mol. The number of carbonyl (C=O) groups is 1. The first-order valence-electron chi connectivity index (χ1n) is 7.12. The molecular weight excluding hydrogens is 310 g/mol. The molecule has 0 aliphatic heterocycles. The quantitative estimate of drug-likeness (QED) is 0.776. The van der Waals surface area contributed by atoms with Gasteiger partial charge in [0.1, 0.15) is 11.4 Å². The van der Waals surface area contributed by atoms with E-state index in [4.69, 9.17) is 13.9 Å². The van der Waals surface area contributed by atoms with Gasteiger partial charge >= 0.3 is 0 Å². The summed E-state index contributed by atoms with van der Waals surface area (Å²) in [6, 6.07) is 10.5. The number of ether oxygens (including phenoxy) is 2. The Morgan fingerprint density at radius 2 is 1.96 bits per heavy atom. The molecule has 2 heterocycles. The van der Waals surface area contributed by atoms with E-state index in [2.05, 4.69) is 15.3 Å². The van der Waals surface area contributed by atoms with Gasteiger partial charge in [-0.05, 0) is 24.3 Å². The molecule has 122 valence electrons. The molecule has 1 amide bonds. The lowest BCUT2D eigenvalue weighted by Gasteiger charge is -2.12. The number of methoxy groups -OCH3 is 2. The van der Waals surface area contributed by atoms with Crippen LogP contribution >= 0.6 is 0 Å². The lowest BCUT2D eigenvalue weighted by Crippen LogP contribution is -2.14. The van der Waals surface area contributed by atoms with Crippen LogP contribution in [0, 0.1) is 0 Å². The van der Waals surface area contributed by atoms with Gasteiger partial charge in [0.15, 0.2) is 11.6 Å². The molecule has 7 nitrogen and oxygen atoms in total. The smallest absolute Gasteiger partial charge is 0.292 e. The summed E-state index contributed by atoms with van der Waals surface area (Å²) in [6.07, 6.45) is 2.90. The minimum absolute atomic E-state index is 0.172. The van der Waals surface area contributed by atoms with Crippen molar-refractivity contribution < 1.29 is 18.7 Å². The molecule has 0 spiro atoms. The molecule has 3 aromatic rings. The maximum absolute atomic E-state index is 12.3. The first kappa shape index (κ1) is 15.5. The zero-order valence-corrected chi connectivity index (χ0v) is 13.1. The van der Waals surface area contributed by atoms with E-state index in [1.54, 1.807) is 25.3 Å². The first-order valence-corrected chi connectivity index (χ1v) is 7.12. The highest BCUT2D eigenvalue weighted by atomic mass is 16.5. The van der Waals surface area contributed by atoms with Gasteiger partial charge in [-0.3, -0.25) is 4.79 Å². The van der Waals surface area contributed by atoms with Gasteiger partial charge in [0.2, 0.25) is 5.88 Å². The third kappa shape index (κ3) is 3.05. The minimum atomic E-state index is -0.432. The van der Waals surface area contributed by atoms with Crippen molar-refractivity contribution in [2.75, 3.05) is 19.5 Å². The van der Waals surface area contributed by atoms with Gasteiger partial charge in [-0.1, -0.05) is 12.1 Å². The number of furan rings is 1. The van der Waals surface area contributed by atoms with Crippen molar-refractivity contribution in [1.82, 2.24) is 9.97 Å². The van der Waals surface area contributed by atoms with Crippen LogP contribution in [0.5, 0.6) is 11.6 Å². The van der Waals surface area contributed by atoms with Crippen molar-refractivity contribution >= 4 is 11.7 Å². The van der Waals surface area contributed by atoms with Gasteiger partial charge in [0.05, 0.1) is 26.7 Å². The minimum Gasteiger partial charge on any atom is -0.496 e. The molecule has 2 aromatic heterocycles. The summed E-state index contributed by atoms with van der Waals surface area (Å²) in [5.41, 5.74) is 1.16. The maximum Gasteiger partial charge on any atom is 0.292 e. The summed E-state index contributed by atoms with van der Waals surface area (Å²) in [7, 11) is 3.04. The molecule has 0 fully saturated rings. The van der Waals surface area contributed by atoms with Crippen LogP contribution in [0.2, 0.25) is 0 Å². The molecular formula is C17H15N3O4. The molecule has 0 saturated heterocycles. The topological polar surface area (TPSA) is 86.5 Å². The molecule has 1 N–H and O–H groups in total. The average molecular weight is 325 g/mol. The normalized spacial score (nSPS) is 10.2. The van der Waals surface area contributed by atoms with Crippen molar-refractivity contribution in [2.45, 2.75) is 0 Å². The fraction of sp³-hybridized carbons (Fsp3) is 0.118. The number of benzene rings is 1. The van der Waals surface area contributed by atoms with E-state index in [-0.39, 0.29) is 17.5 Å². The molecule has 0 saturated carbocycles. The first-order chi connectivity index (χ1) is 11.7. The molecule has 3 rings (SSSR count). The van der Waals surface area contributed by atoms with Crippen LogP contribution in [-0.2, 0) is 0 Å². The van der Waals surface area contributed by atoms with Crippen LogP contribution in [0.25, 0.3) is 11.3 Å². The van der Waals surface area contributed by atoms with E-state index in [9.17, 15) is 4.79 Å². The van der Waals surface area contributed by atoms with Gasteiger partial charge in [0, 0.05) is 5.56 Å². The Kier molecular flexibility index (Phi) is 4.42. The van der Waals surface area contributed by atoms with Gasteiger partial charge in [0.25, 0.3) is 5.91 Å². The third-order valence-electron chi connectivity index (χ3n) is 3.30. The zero-order chi connectivity index (χ0) is 16.9. The molecule has 7 heteroatoms. The third-order valence-corrected chi connectivity index (χ3v) is 3.30. The van der Waals surface area contributed by atoms with Crippen molar-refractivity contribution in [3.05, 3.63) is 54.6 Å². The van der Waals surface area contributed by atoms with Crippen molar-refractivity contribution in [1.29, 1.82) is 0 Å². The SMILES string of the molecule is COc1cnc(-c2ccccc2OC)c(NC(=O)c2ccco2)n1. The summed E-state index contributed by atoms with van der Waals surface area (Å²) in [6.45, 7) is 0. The standard InChI is InChI=1S/C17H15N3O4/c1-22-12-7-4-3-6-11(12)15-16(19-14(23-2)10-18-15)20-17(21)13-8-5-9-24-13/h3-10H,1-2H3,(H,19,20,21). The van der Waals surface area contributed by atoms with Gasteiger partial charge < -0.3 is 19.2 Å². The second-order valence-corrected chi connectivity index (χ2v) is 4.74. The maximum atomic E-state index is 12.3. The number of anilines is 1. The Bertz CT molecular complexity index is 847. The lowest BCUT2D eigenvalue weighted by atomic mass is 10.1. The zero-order valence-electron chi connectivity index (χ0n) is 13.1. The number of rotatable bonds is 5. The number of nitrogens with zero attached hydrogens (tertiary/aromatic N) is 2. The summed E-state index contributed by atoms with van der Waals surface area (Å²) in [4.78, 5) is 20.9. The molecule has 0 atom stereocenters. The number of aromatic nitrogens is 2. The molecule has 0 unspecified atom stereocenters. The monoisotopic (exact) mass is 325 g/mol. The Morgan fingerprint density at radius 3 is 2.67 bits per heavy atom. The largest absolute Gasteiger partial charge is 0.496 e. The van der Waals surface area contributed by atoms with Crippen molar-refractivity contribution in [3.8, 4) is 22.9 Å². The molecule has 0 aliphatic carbocycles. The van der Waals surface area contributed by atoms with E-state index in [0.29, 0.717) is 17.0 Å². The summed E-state index contributed by atoms with van der Waals surface area (Å²) in [5, 5.41) is 2.70. The number of hydrogen-bond donors (Lipinski definition) is 1. The summed E-state index contributed by atoms with van der Waals surface area (Å²) >= 11 is 0. The van der Waals surface area contributed by atoms with E-state index in [0.717, 1.165) is 0 Å². The fourth-order valence-electron chi connectivity index (χ4n) is 2.17. The predicted octanol–water partition coefficient (Wildman–Crippen LogP) is 3.01. The lowest BCUT2D eigenvalue weighted by molar-refractivity contribution is 0.0996. The summed E-state index contributed by atoms with van der Waals surface area (Å²) < 4.78 is 15.6. The van der Waals surface area contributed by atoms with Crippen LogP contribution in [0.4, 0.5) is 5.82 Å². The molecule has 0 bridgehead atoms. The van der Waals surface area contributed by atoms with Gasteiger partial charge in [-0.2, -0.15) is 4.98 Å². The molecule has 0 aliphatic rings. The highest BCUT2D eigenvalue weighted by Gasteiger charge is 2.18. The van der Waals surface area contributed by atoms with Crippen LogP contribution in [0.3, 0.4) is 0 Å². The van der Waals surface area contributed by atoms with Gasteiger partial charge in [-0.25, -0.2) is 4.98 Å². The van der Waals surface area contributed by atoms with E-state index < -0.39 is 5.91 Å². The average Bonchev–Trinajstić information content (AvgIpc) is 3.16. The number of carbonyl (C=O) groups excluding carboxylic acids is 1. The number of nitrogens with one attached hydrogen (secondary N) is 1. The number of hydrogen-bond acceptors (Lipinski definition) is 6. The van der Waals surface area contributed by atoms with Crippen molar-refractivity contribution in [3.63, 3.8) is 0 Å². The number of para-hydroxylation sites is 1. The van der Waals surface area contributed by atoms with Crippen LogP contribution in [0.1, 0.15) is 10.6 Å². The highest BCUT2D eigenvalue weighted by molar-refractivity contribution is 6.03. The van der Waals surface area contributed by atoms with Gasteiger partial charge in [-0.15, -0.1) is 0 Å². The second kappa shape index (κ2) is 6.82. The van der Waals surface area contributed by atoms with Crippen molar-refractivity contribution in [2.24, 2.45) is 0 Å². The Balaban J connectivity index is 2.04. The Hall–Kier alpha value is -3.35. The van der Waals surface area contributed by atoms with Crippen LogP contribution in [0.15, 0.2) is 53.3 Å². The van der Waals surface area contributed by atoms with Crippen LogP contribution < -0.4 is 14.8 Å². The Labute approximate surface area is 138 Å². The molecule has 1 aromatic carbocycles. The number of amides is 1. The van der Waals surface area contributed by atoms with Crippen LogP contribution in [-0.4, -0.2) is 30.1 Å². The van der Waals surface area contributed by atoms with E-state index >= 15 is 0 Å². The second-order valence-electron chi connectivity index (χ2n) is 4.74. The molecule has 0 radical (unpaired) electrons.